The van der Waals surface area contributed by atoms with E-state index in [1.165, 1.54) is 12.8 Å². The molecule has 196 valence electrons. The number of piperidine rings is 1. The number of amides is 1. The summed E-state index contributed by atoms with van der Waals surface area (Å²) in [4.78, 5) is 23.6. The van der Waals surface area contributed by atoms with Gasteiger partial charge in [0.05, 0.1) is 5.69 Å². The maximum absolute atomic E-state index is 12.6. The van der Waals surface area contributed by atoms with Crippen molar-refractivity contribution in [3.8, 4) is 28.5 Å². The zero-order chi connectivity index (χ0) is 26.0. The Bertz CT molecular complexity index is 1220. The predicted molar refractivity (Wildman–Crippen MR) is 143 cm³/mol. The summed E-state index contributed by atoms with van der Waals surface area (Å²) >= 11 is 6.16. The minimum absolute atomic E-state index is 0.173. The Morgan fingerprint density at radius 3 is 2.43 bits per heavy atom. The number of carbonyl (C=O) groups is 1. The lowest BCUT2D eigenvalue weighted by Crippen LogP contribution is -2.41. The van der Waals surface area contributed by atoms with Crippen molar-refractivity contribution in [2.24, 2.45) is 0 Å². The third kappa shape index (κ3) is 6.06. The van der Waals surface area contributed by atoms with Crippen LogP contribution in [0.15, 0.2) is 36.5 Å². The zero-order valence-corrected chi connectivity index (χ0v) is 22.4. The van der Waals surface area contributed by atoms with E-state index in [2.05, 4.69) is 10.1 Å². The molecule has 1 saturated carbocycles. The number of halogens is 1. The number of benzene rings is 1. The molecule has 3 heterocycles. The molecule has 9 heteroatoms. The van der Waals surface area contributed by atoms with Crippen LogP contribution in [-0.4, -0.2) is 56.0 Å². The molecule has 8 nitrogen and oxygen atoms in total. The summed E-state index contributed by atoms with van der Waals surface area (Å²) in [7, 11) is 0. The van der Waals surface area contributed by atoms with Gasteiger partial charge >= 0.3 is 12.1 Å². The van der Waals surface area contributed by atoms with Gasteiger partial charge in [-0.25, -0.2) is 9.78 Å². The summed E-state index contributed by atoms with van der Waals surface area (Å²) in [5.74, 6) is 0.191. The fourth-order valence-corrected chi connectivity index (χ4v) is 5.22. The number of ether oxygens (including phenoxy) is 2. The Hall–Kier alpha value is -3.13. The number of nitrogens with one attached hydrogen (secondary N) is 1. The second-order valence-corrected chi connectivity index (χ2v) is 11.3. The van der Waals surface area contributed by atoms with Crippen LogP contribution in [0.1, 0.15) is 70.9 Å². The van der Waals surface area contributed by atoms with E-state index < -0.39 is 5.60 Å². The van der Waals surface area contributed by atoms with Gasteiger partial charge in [0.15, 0.2) is 0 Å². The van der Waals surface area contributed by atoms with Crippen molar-refractivity contribution in [2.45, 2.75) is 76.9 Å². The largest absolute Gasteiger partial charge is 0.460 e. The first-order valence-corrected chi connectivity index (χ1v) is 13.5. The van der Waals surface area contributed by atoms with Gasteiger partial charge in [0, 0.05) is 47.0 Å². The lowest BCUT2D eigenvalue weighted by atomic mass is 9.89. The average molecular weight is 524 g/mol. The molecule has 0 atom stereocenters. The Balaban J connectivity index is 1.44. The number of hydrogen-bond donors (Lipinski definition) is 1. The number of H-pyrrole nitrogens is 1. The van der Waals surface area contributed by atoms with E-state index in [9.17, 15) is 4.79 Å². The first-order valence-electron chi connectivity index (χ1n) is 13.1. The smallest absolute Gasteiger partial charge is 0.410 e. The van der Waals surface area contributed by atoms with E-state index in [0.29, 0.717) is 24.1 Å². The normalized spacial score (nSPS) is 17.2. The van der Waals surface area contributed by atoms with Gasteiger partial charge in [-0.2, -0.15) is 10.1 Å². The highest BCUT2D eigenvalue weighted by Gasteiger charge is 2.31. The van der Waals surface area contributed by atoms with E-state index in [-0.39, 0.29) is 18.1 Å². The van der Waals surface area contributed by atoms with Crippen LogP contribution in [0.3, 0.4) is 0 Å². The zero-order valence-electron chi connectivity index (χ0n) is 21.7. The monoisotopic (exact) mass is 523 g/mol. The standard InChI is InChI=1S/C28H34ClN5O3/c1-28(2,3)37-27(35)34-16-13-19(14-17-34)25-23(24(32-33-25)18-8-10-20(29)11-9-18)22-12-15-30-26(31-22)36-21-6-4-5-7-21/h8-12,15,19,21H,4-7,13-14,16-17H2,1-3H3,(H,32,33). The highest BCUT2D eigenvalue weighted by atomic mass is 35.5. The summed E-state index contributed by atoms with van der Waals surface area (Å²) in [6, 6.07) is 9.97. The van der Waals surface area contributed by atoms with Crippen LogP contribution in [0, 0.1) is 0 Å². The van der Waals surface area contributed by atoms with Crippen LogP contribution in [-0.2, 0) is 4.74 Å². The van der Waals surface area contributed by atoms with Gasteiger partial charge in [0.2, 0.25) is 0 Å². The summed E-state index contributed by atoms with van der Waals surface area (Å²) in [6.07, 6.45) is 7.69. The van der Waals surface area contributed by atoms with Crippen LogP contribution in [0.5, 0.6) is 6.01 Å². The van der Waals surface area contributed by atoms with Crippen molar-refractivity contribution in [1.82, 2.24) is 25.1 Å². The fourth-order valence-electron chi connectivity index (χ4n) is 5.10. The molecule has 37 heavy (non-hydrogen) atoms. The Morgan fingerprint density at radius 2 is 1.76 bits per heavy atom. The van der Waals surface area contributed by atoms with E-state index in [0.717, 1.165) is 53.9 Å². The van der Waals surface area contributed by atoms with Gasteiger partial charge in [0.25, 0.3) is 0 Å². The van der Waals surface area contributed by atoms with E-state index >= 15 is 0 Å². The Morgan fingerprint density at radius 1 is 1.05 bits per heavy atom. The Labute approximate surface area is 222 Å². The van der Waals surface area contributed by atoms with E-state index in [1.807, 2.05) is 51.1 Å². The summed E-state index contributed by atoms with van der Waals surface area (Å²) < 4.78 is 11.7. The molecule has 1 N–H and O–H groups in total. The number of nitrogens with zero attached hydrogens (tertiary/aromatic N) is 4. The molecule has 0 bridgehead atoms. The van der Waals surface area contributed by atoms with Crippen molar-refractivity contribution in [1.29, 1.82) is 0 Å². The molecule has 2 aliphatic rings. The molecule has 3 aromatic rings. The molecule has 1 aliphatic carbocycles. The molecule has 1 saturated heterocycles. The highest BCUT2D eigenvalue weighted by molar-refractivity contribution is 6.30. The van der Waals surface area contributed by atoms with E-state index in [4.69, 9.17) is 31.2 Å². The quantitative estimate of drug-likeness (QED) is 0.403. The summed E-state index contributed by atoms with van der Waals surface area (Å²) in [6.45, 7) is 6.90. The van der Waals surface area contributed by atoms with Crippen LogP contribution in [0.4, 0.5) is 4.79 Å². The van der Waals surface area contributed by atoms with Gasteiger partial charge in [-0.1, -0.05) is 23.7 Å². The minimum atomic E-state index is -0.511. The first kappa shape index (κ1) is 25.5. The van der Waals surface area contributed by atoms with Crippen molar-refractivity contribution < 1.29 is 14.3 Å². The predicted octanol–water partition coefficient (Wildman–Crippen LogP) is 6.62. The lowest BCUT2D eigenvalue weighted by Gasteiger charge is -2.33. The summed E-state index contributed by atoms with van der Waals surface area (Å²) in [5.41, 5.74) is 3.97. The molecule has 2 aromatic heterocycles. The van der Waals surface area contributed by atoms with Gasteiger partial charge in [-0.05, 0) is 77.5 Å². The van der Waals surface area contributed by atoms with Crippen LogP contribution in [0.2, 0.25) is 5.02 Å². The van der Waals surface area contributed by atoms with Gasteiger partial charge in [0.1, 0.15) is 17.4 Å². The first-order chi connectivity index (χ1) is 17.8. The molecule has 1 aromatic carbocycles. The van der Waals surface area contributed by atoms with Crippen LogP contribution >= 0.6 is 11.6 Å². The molecule has 0 unspecified atom stereocenters. The molecule has 1 aliphatic heterocycles. The van der Waals surface area contributed by atoms with Crippen molar-refractivity contribution in [3.05, 3.63) is 47.2 Å². The third-order valence-electron chi connectivity index (χ3n) is 6.93. The second kappa shape index (κ2) is 10.7. The number of aromatic nitrogens is 4. The second-order valence-electron chi connectivity index (χ2n) is 10.9. The van der Waals surface area contributed by atoms with Crippen LogP contribution in [0.25, 0.3) is 22.5 Å². The maximum atomic E-state index is 12.6. The topological polar surface area (TPSA) is 93.2 Å². The van der Waals surface area contributed by atoms with Gasteiger partial charge in [-0.3, -0.25) is 5.10 Å². The van der Waals surface area contributed by atoms with Gasteiger partial charge < -0.3 is 14.4 Å². The number of rotatable bonds is 5. The molecular weight excluding hydrogens is 490 g/mol. The molecular formula is C28H34ClN5O3. The molecule has 1 amide bonds. The number of likely N-dealkylation sites (tertiary alicyclic amines) is 1. The maximum Gasteiger partial charge on any atom is 0.410 e. The number of carbonyl (C=O) groups excluding carboxylic acids is 1. The SMILES string of the molecule is CC(C)(C)OC(=O)N1CCC(c2[nH]nc(-c3ccc(Cl)cc3)c2-c2ccnc(OC3CCCC3)n2)CC1. The third-order valence-corrected chi connectivity index (χ3v) is 7.18. The number of hydrogen-bond acceptors (Lipinski definition) is 6. The average Bonchev–Trinajstić information content (AvgIpc) is 3.54. The molecule has 5 rings (SSSR count). The summed E-state index contributed by atoms with van der Waals surface area (Å²) in [5, 5.41) is 8.71. The minimum Gasteiger partial charge on any atom is -0.460 e. The van der Waals surface area contributed by atoms with E-state index in [1.54, 1.807) is 11.1 Å². The fraction of sp³-hybridized carbons (Fsp3) is 0.500. The number of aromatic amines is 1. The van der Waals surface area contributed by atoms with Gasteiger partial charge in [-0.15, -0.1) is 0 Å². The highest BCUT2D eigenvalue weighted by Crippen LogP contribution is 2.40. The van der Waals surface area contributed by atoms with Crippen LogP contribution < -0.4 is 4.74 Å². The molecule has 0 radical (unpaired) electrons. The van der Waals surface area contributed by atoms with Crippen molar-refractivity contribution >= 4 is 17.7 Å². The van der Waals surface area contributed by atoms with Crippen molar-refractivity contribution in [2.75, 3.05) is 13.1 Å². The molecule has 0 spiro atoms. The molecule has 2 fully saturated rings. The Kier molecular flexibility index (Phi) is 7.38. The van der Waals surface area contributed by atoms with Crippen molar-refractivity contribution in [3.63, 3.8) is 0 Å². The lowest BCUT2D eigenvalue weighted by molar-refractivity contribution is 0.0204.